The van der Waals surface area contributed by atoms with Gasteiger partial charge in [0.1, 0.15) is 23.0 Å². The molecule has 0 unspecified atom stereocenters. The number of aryl methyl sites for hydroxylation is 4. The molecule has 0 saturated heterocycles. The van der Waals surface area contributed by atoms with E-state index < -0.39 is 39.4 Å². The minimum Gasteiger partial charge on any atom is -0.482 e. The number of thiol groups is 1. The van der Waals surface area contributed by atoms with Crippen LogP contribution in [-0.4, -0.2) is 107 Å². The molecule has 398 valence electrons. The van der Waals surface area contributed by atoms with Gasteiger partial charge in [0.15, 0.2) is 26.4 Å². The topological polar surface area (TPSA) is 265 Å². The van der Waals surface area contributed by atoms with Crippen molar-refractivity contribution in [2.75, 3.05) is 52.9 Å². The van der Waals surface area contributed by atoms with Gasteiger partial charge in [0.2, 0.25) is 0 Å². The molecule has 4 aromatic rings. The van der Waals surface area contributed by atoms with Crippen molar-refractivity contribution in [1.29, 1.82) is 0 Å². The first kappa shape index (κ1) is 68.1. The summed E-state index contributed by atoms with van der Waals surface area (Å²) in [4.78, 5) is 45.0. The lowest BCUT2D eigenvalue weighted by molar-refractivity contribution is -0.146. The number of carbonyl (C=O) groups excluding carboxylic acids is 4. The van der Waals surface area contributed by atoms with E-state index in [1.54, 1.807) is 47.6 Å². The maximum atomic E-state index is 11.1. The number of hydrogen-bond acceptors (Lipinski definition) is 19. The molecule has 1 N–H and O–H groups in total. The predicted octanol–water partition coefficient (Wildman–Crippen LogP) is 8.56. The molecule has 0 saturated carbocycles. The molecular formula is C45H59Cl3O19S4. The Labute approximate surface area is 434 Å². The molecule has 0 bridgehead atoms. The van der Waals surface area contributed by atoms with Crippen LogP contribution in [0.25, 0.3) is 0 Å². The van der Waals surface area contributed by atoms with E-state index in [2.05, 4.69) is 23.3 Å². The summed E-state index contributed by atoms with van der Waals surface area (Å²) in [5.74, 6) is 0.570. The summed E-state index contributed by atoms with van der Waals surface area (Å²) in [6, 6.07) is 21.3. The van der Waals surface area contributed by atoms with Crippen molar-refractivity contribution in [3.63, 3.8) is 0 Å². The van der Waals surface area contributed by atoms with Crippen LogP contribution in [0.4, 0.5) is 0 Å². The maximum Gasteiger partial charge on any atom is 0.353 e. The Morgan fingerprint density at radius 2 is 0.732 bits per heavy atom. The molecule has 4 rings (SSSR count). The normalized spacial score (nSPS) is 10.4. The molecule has 19 nitrogen and oxygen atoms in total. The molecule has 4 aromatic carbocycles. The molecule has 0 fully saturated rings. The molecule has 0 heterocycles. The summed E-state index contributed by atoms with van der Waals surface area (Å²) in [5.41, 5.74) is 3.10. The number of para-hydroxylation sites is 1. The van der Waals surface area contributed by atoms with Gasteiger partial charge in [-0.2, -0.15) is 8.42 Å². The van der Waals surface area contributed by atoms with E-state index in [1.807, 2.05) is 50.2 Å². The van der Waals surface area contributed by atoms with Gasteiger partial charge >= 0.3 is 33.2 Å². The number of hydrogen-bond donors (Lipinski definition) is 2. The highest BCUT2D eigenvalue weighted by atomic mass is 35.7. The first-order chi connectivity index (χ1) is 32.5. The van der Waals surface area contributed by atoms with E-state index in [0.29, 0.717) is 41.6 Å². The number of halogens is 3. The number of benzene rings is 4. The fourth-order valence-electron chi connectivity index (χ4n) is 4.74. The van der Waals surface area contributed by atoms with Crippen LogP contribution < -0.4 is 18.9 Å². The summed E-state index contributed by atoms with van der Waals surface area (Å²) >= 11 is 4.20. The van der Waals surface area contributed by atoms with Gasteiger partial charge in [-0.3, -0.25) is 4.55 Å². The van der Waals surface area contributed by atoms with Gasteiger partial charge in [0, 0.05) is 36.9 Å². The monoisotopic (exact) mass is 1140 g/mol. The fourth-order valence-corrected chi connectivity index (χ4v) is 6.68. The smallest absolute Gasteiger partial charge is 0.353 e. The lowest BCUT2D eigenvalue weighted by atomic mass is 10.2. The average molecular weight is 1140 g/mol. The van der Waals surface area contributed by atoms with Gasteiger partial charge in [-0.05, 0) is 138 Å². The van der Waals surface area contributed by atoms with Crippen LogP contribution >= 0.6 is 44.7 Å². The lowest BCUT2D eigenvalue weighted by Crippen LogP contribution is -2.15. The highest BCUT2D eigenvalue weighted by molar-refractivity contribution is 8.14. The van der Waals surface area contributed by atoms with Gasteiger partial charge in [-0.1, -0.05) is 25.6 Å². The Balaban J connectivity index is 0. The zero-order valence-electron chi connectivity index (χ0n) is 39.3. The van der Waals surface area contributed by atoms with Crippen molar-refractivity contribution in [3.05, 3.63) is 101 Å². The van der Waals surface area contributed by atoms with Crippen LogP contribution in [0.1, 0.15) is 57.4 Å². The molecule has 0 aromatic heterocycles. The number of ether oxygens (including phenoxy) is 8. The van der Waals surface area contributed by atoms with Crippen LogP contribution in [0.3, 0.4) is 0 Å². The lowest BCUT2D eigenvalue weighted by Gasteiger charge is -2.09. The summed E-state index contributed by atoms with van der Waals surface area (Å²) in [6.07, 6.45) is 0. The molecule has 0 radical (unpaired) electrons. The number of rotatable bonds is 18. The first-order valence-corrected chi connectivity index (χ1v) is 27.7. The Morgan fingerprint density at radius 3 is 0.986 bits per heavy atom. The van der Waals surface area contributed by atoms with Crippen LogP contribution in [0, 0.1) is 27.7 Å². The van der Waals surface area contributed by atoms with Gasteiger partial charge in [-0.25, -0.2) is 36.0 Å². The maximum absolute atomic E-state index is 11.1. The summed E-state index contributed by atoms with van der Waals surface area (Å²) in [7, 11) is 2.77. The molecule has 0 atom stereocenters. The summed E-state index contributed by atoms with van der Waals surface area (Å²) in [6.45, 7) is 14.9. The highest BCUT2D eigenvalue weighted by Crippen LogP contribution is 2.25. The third-order valence-electron chi connectivity index (χ3n) is 7.71. The van der Waals surface area contributed by atoms with Crippen LogP contribution in [-0.2, 0) is 65.6 Å². The molecule has 26 heteroatoms. The molecule has 0 aliphatic rings. The third kappa shape index (κ3) is 32.6. The Kier molecular flexibility index (Phi) is 33.7. The van der Waals surface area contributed by atoms with E-state index in [4.69, 9.17) is 72.2 Å². The Morgan fingerprint density at radius 1 is 0.465 bits per heavy atom. The summed E-state index contributed by atoms with van der Waals surface area (Å²) < 4.78 is 109. The zero-order valence-corrected chi connectivity index (χ0v) is 44.9. The quantitative estimate of drug-likeness (QED) is 0.0310. The van der Waals surface area contributed by atoms with E-state index in [-0.39, 0.29) is 68.8 Å². The first-order valence-electron chi connectivity index (χ1n) is 20.3. The molecule has 0 spiro atoms. The Hall–Kier alpha value is -5.01. The fraction of sp³-hybridized carbons (Fsp3) is 0.378. The minimum absolute atomic E-state index is 0. The van der Waals surface area contributed by atoms with Gasteiger partial charge in [0.25, 0.3) is 18.1 Å². The molecule has 0 amide bonds. The second kappa shape index (κ2) is 35.2. The number of carbonyl (C=O) groups is 4. The Bertz CT molecular complexity index is 2540. The van der Waals surface area contributed by atoms with Gasteiger partial charge in [0.05, 0.1) is 36.2 Å². The third-order valence-corrected chi connectivity index (χ3v) is 10.7. The predicted molar refractivity (Wildman–Crippen MR) is 271 cm³/mol. The van der Waals surface area contributed by atoms with Crippen molar-refractivity contribution in [2.24, 2.45) is 0 Å². The van der Waals surface area contributed by atoms with Crippen molar-refractivity contribution in [1.82, 2.24) is 0 Å². The SMILES string of the molecule is C.CCOC(=O)COc1ccc(S(=O)(=O)Cl)cc1C.CCOC(=O)COc1ccc(S(=O)(=O)Cl)cc1C.CCOC(=O)COc1ccc(S)cc1C.CCOC(=O)COc1ccccc1C.O=S(=O)(O)Cl. The van der Waals surface area contributed by atoms with Crippen LogP contribution in [0.2, 0.25) is 0 Å². The second-order valence-corrected chi connectivity index (χ2v) is 20.9. The van der Waals surface area contributed by atoms with E-state index in [1.165, 1.54) is 36.4 Å². The van der Waals surface area contributed by atoms with E-state index >= 15 is 0 Å². The standard InChI is InChI=1S/2C11H13ClO5S.C11H14O3S.C11H14O3.CH4.ClHO3S/c2*1-3-16-11(13)7-17-10-5-4-9(6-8(10)2)18(12,14)15;1-3-13-11(12)7-14-10-5-4-9(15)6-8(10)2;1-3-13-11(12)8-14-10-7-5-4-6-9(10)2;;1-5(2,3)4/h2*4-6H,3,7H2,1-2H3;4-6,15H,3,7H2,1-2H3;4-7H,3,8H2,1-2H3;1H4;(H,2,3,4). The van der Waals surface area contributed by atoms with E-state index in [9.17, 15) is 36.0 Å². The van der Waals surface area contributed by atoms with Gasteiger partial charge in [-0.15, -0.1) is 12.6 Å². The molecule has 0 aliphatic heterocycles. The highest BCUT2D eigenvalue weighted by Gasteiger charge is 2.14. The van der Waals surface area contributed by atoms with Crippen molar-refractivity contribution >= 4 is 96.0 Å². The molecular weight excluding hydrogens is 1080 g/mol. The molecule has 71 heavy (non-hydrogen) atoms. The van der Waals surface area contributed by atoms with Crippen molar-refractivity contribution in [3.8, 4) is 23.0 Å². The van der Waals surface area contributed by atoms with Crippen molar-refractivity contribution in [2.45, 2.75) is 77.5 Å². The van der Waals surface area contributed by atoms with Crippen molar-refractivity contribution < 1.29 is 86.9 Å². The average Bonchev–Trinajstić information content (AvgIpc) is 3.25. The largest absolute Gasteiger partial charge is 0.482 e. The minimum atomic E-state index is -4.19. The second-order valence-electron chi connectivity index (χ2n) is 13.2. The van der Waals surface area contributed by atoms with E-state index in [0.717, 1.165) is 21.8 Å². The van der Waals surface area contributed by atoms with Crippen LogP contribution in [0.5, 0.6) is 23.0 Å². The van der Waals surface area contributed by atoms with Gasteiger partial charge < -0.3 is 37.9 Å². The number of esters is 4. The zero-order chi connectivity index (χ0) is 53.7. The summed E-state index contributed by atoms with van der Waals surface area (Å²) in [5, 5.41) is 0. The van der Waals surface area contributed by atoms with Crippen LogP contribution in [0.15, 0.2) is 93.5 Å². The molecule has 0 aliphatic carbocycles.